The third kappa shape index (κ3) is 5.71. The van der Waals surface area contributed by atoms with Crippen molar-refractivity contribution >= 4 is 5.97 Å². The lowest BCUT2D eigenvalue weighted by atomic mass is 9.61. The second-order valence-corrected chi connectivity index (χ2v) is 8.20. The zero-order valence-electron chi connectivity index (χ0n) is 16.5. The number of hydrogen-bond acceptors (Lipinski definition) is 3. The van der Waals surface area contributed by atoms with E-state index in [-0.39, 0.29) is 5.41 Å². The molecular weight excluding hydrogens is 312 g/mol. The van der Waals surface area contributed by atoms with Crippen molar-refractivity contribution in [1.82, 2.24) is 0 Å². The number of rotatable bonds is 7. The summed E-state index contributed by atoms with van der Waals surface area (Å²) in [7, 11) is 0. The maximum absolute atomic E-state index is 11.3. The molecule has 0 radical (unpaired) electrons. The molecule has 1 saturated carbocycles. The van der Waals surface area contributed by atoms with Crippen molar-refractivity contribution in [3.63, 3.8) is 0 Å². The van der Waals surface area contributed by atoms with Gasteiger partial charge in [0.2, 0.25) is 0 Å². The summed E-state index contributed by atoms with van der Waals surface area (Å²) >= 11 is 0. The quantitative estimate of drug-likeness (QED) is 0.401. The summed E-state index contributed by atoms with van der Waals surface area (Å²) < 4.78 is 5.22. The van der Waals surface area contributed by atoms with Crippen LogP contribution in [0.4, 0.5) is 0 Å². The van der Waals surface area contributed by atoms with Crippen LogP contribution in [0, 0.1) is 17.3 Å². The summed E-state index contributed by atoms with van der Waals surface area (Å²) in [6.45, 7) is 21.3. The Labute approximate surface area is 153 Å². The van der Waals surface area contributed by atoms with Crippen molar-refractivity contribution < 1.29 is 14.6 Å². The molecule has 0 bridgehead atoms. The SMILES string of the molecule is C=C[C@@]1(C)CC[C@H](C(=C)/C=C/C(OC(C)=O)C(C)(C)O)C[C@@H]1C(=C)C. The first kappa shape index (κ1) is 21.4. The Morgan fingerprint density at radius 2 is 1.96 bits per heavy atom. The summed E-state index contributed by atoms with van der Waals surface area (Å²) in [6, 6.07) is 0. The van der Waals surface area contributed by atoms with Crippen LogP contribution in [0.3, 0.4) is 0 Å². The van der Waals surface area contributed by atoms with Crippen LogP contribution in [0.25, 0.3) is 0 Å². The summed E-state index contributed by atoms with van der Waals surface area (Å²) in [5.41, 5.74) is 1.12. The second-order valence-electron chi connectivity index (χ2n) is 8.20. The number of allylic oxidation sites excluding steroid dienone is 4. The minimum Gasteiger partial charge on any atom is -0.455 e. The lowest BCUT2D eigenvalue weighted by Gasteiger charge is -2.43. The Hall–Kier alpha value is -1.61. The Balaban J connectivity index is 2.88. The van der Waals surface area contributed by atoms with E-state index in [0.29, 0.717) is 11.8 Å². The van der Waals surface area contributed by atoms with E-state index < -0.39 is 17.7 Å². The molecule has 1 N–H and O–H groups in total. The first-order valence-corrected chi connectivity index (χ1v) is 8.96. The predicted molar refractivity (Wildman–Crippen MR) is 104 cm³/mol. The number of ether oxygens (including phenoxy) is 1. The lowest BCUT2D eigenvalue weighted by molar-refractivity contribution is -0.154. The minimum atomic E-state index is -1.14. The molecule has 1 fully saturated rings. The molecule has 140 valence electrons. The first-order valence-electron chi connectivity index (χ1n) is 8.96. The molecule has 3 nitrogen and oxygen atoms in total. The molecule has 3 heteroatoms. The molecule has 25 heavy (non-hydrogen) atoms. The Morgan fingerprint density at radius 3 is 2.40 bits per heavy atom. The summed E-state index contributed by atoms with van der Waals surface area (Å²) in [5, 5.41) is 10.2. The fourth-order valence-corrected chi connectivity index (χ4v) is 3.62. The number of carbonyl (C=O) groups is 1. The molecule has 0 aromatic rings. The van der Waals surface area contributed by atoms with E-state index in [1.165, 1.54) is 12.5 Å². The molecule has 1 unspecified atom stereocenters. The van der Waals surface area contributed by atoms with Crippen LogP contribution in [0.1, 0.15) is 53.9 Å². The molecule has 1 aliphatic carbocycles. The van der Waals surface area contributed by atoms with Crippen molar-refractivity contribution in [2.45, 2.75) is 65.6 Å². The van der Waals surface area contributed by atoms with E-state index >= 15 is 0 Å². The molecule has 0 aromatic heterocycles. The highest BCUT2D eigenvalue weighted by Crippen LogP contribution is 2.48. The van der Waals surface area contributed by atoms with Gasteiger partial charge in [0.1, 0.15) is 6.10 Å². The number of carbonyl (C=O) groups excluding carboxylic acids is 1. The van der Waals surface area contributed by atoms with Gasteiger partial charge in [-0.05, 0) is 63.4 Å². The maximum atomic E-state index is 11.3. The smallest absolute Gasteiger partial charge is 0.303 e. The highest BCUT2D eigenvalue weighted by Gasteiger charge is 2.38. The third-order valence-electron chi connectivity index (χ3n) is 5.41. The van der Waals surface area contributed by atoms with Gasteiger partial charge in [-0.1, -0.05) is 43.4 Å². The van der Waals surface area contributed by atoms with Gasteiger partial charge in [0.25, 0.3) is 0 Å². The number of aliphatic hydroxyl groups is 1. The summed E-state index contributed by atoms with van der Waals surface area (Å²) in [5.74, 6) is 0.322. The zero-order valence-corrected chi connectivity index (χ0v) is 16.5. The van der Waals surface area contributed by atoms with Crippen LogP contribution >= 0.6 is 0 Å². The van der Waals surface area contributed by atoms with Crippen LogP contribution in [-0.2, 0) is 9.53 Å². The van der Waals surface area contributed by atoms with E-state index in [1.807, 2.05) is 6.08 Å². The Morgan fingerprint density at radius 1 is 1.36 bits per heavy atom. The Bertz CT molecular complexity index is 564. The van der Waals surface area contributed by atoms with Crippen molar-refractivity contribution in [2.24, 2.45) is 17.3 Å². The molecule has 1 aliphatic rings. The van der Waals surface area contributed by atoms with Crippen LogP contribution in [0.5, 0.6) is 0 Å². The Kier molecular flexibility index (Phi) is 7.01. The maximum Gasteiger partial charge on any atom is 0.303 e. The zero-order chi connectivity index (χ0) is 19.4. The molecule has 0 amide bonds. The van der Waals surface area contributed by atoms with Crippen LogP contribution in [0.15, 0.2) is 49.1 Å². The van der Waals surface area contributed by atoms with Gasteiger partial charge in [0.05, 0.1) is 5.60 Å². The highest BCUT2D eigenvalue weighted by molar-refractivity contribution is 5.66. The lowest BCUT2D eigenvalue weighted by Crippen LogP contribution is -2.38. The van der Waals surface area contributed by atoms with E-state index in [2.05, 4.69) is 39.7 Å². The summed E-state index contributed by atoms with van der Waals surface area (Å²) in [4.78, 5) is 11.3. The normalized spacial score (nSPS) is 28.4. The van der Waals surface area contributed by atoms with Gasteiger partial charge in [-0.3, -0.25) is 4.79 Å². The van der Waals surface area contributed by atoms with Gasteiger partial charge in [-0.15, -0.1) is 6.58 Å². The minimum absolute atomic E-state index is 0.0830. The van der Waals surface area contributed by atoms with E-state index in [9.17, 15) is 9.90 Å². The molecule has 0 heterocycles. The van der Waals surface area contributed by atoms with Crippen LogP contribution in [0.2, 0.25) is 0 Å². The van der Waals surface area contributed by atoms with Gasteiger partial charge in [0, 0.05) is 6.92 Å². The topological polar surface area (TPSA) is 46.5 Å². The highest BCUT2D eigenvalue weighted by atomic mass is 16.6. The van der Waals surface area contributed by atoms with Crippen molar-refractivity contribution in [2.75, 3.05) is 0 Å². The standard InChI is InChI=1S/C22H34O3/c1-9-22(8)13-12-18(14-19(22)15(2)3)16(4)10-11-20(21(6,7)24)25-17(5)23/h9-11,18-20,24H,1-2,4,12-14H2,3,5-8H3/b11-10+/t18-,19+,20?,22-/m0/s1. The molecule has 0 aliphatic heterocycles. The predicted octanol–water partition coefficient (Wildman–Crippen LogP) is 4.99. The van der Waals surface area contributed by atoms with Crippen molar-refractivity contribution in [3.05, 3.63) is 49.1 Å². The fourth-order valence-electron chi connectivity index (χ4n) is 3.62. The van der Waals surface area contributed by atoms with Gasteiger partial charge in [-0.2, -0.15) is 0 Å². The largest absolute Gasteiger partial charge is 0.455 e. The summed E-state index contributed by atoms with van der Waals surface area (Å²) in [6.07, 6.45) is 8.07. The monoisotopic (exact) mass is 346 g/mol. The average molecular weight is 347 g/mol. The molecule has 0 saturated heterocycles. The third-order valence-corrected chi connectivity index (χ3v) is 5.41. The van der Waals surface area contributed by atoms with E-state index in [1.54, 1.807) is 19.9 Å². The molecule has 1 rings (SSSR count). The van der Waals surface area contributed by atoms with E-state index in [4.69, 9.17) is 4.74 Å². The molecule has 4 atom stereocenters. The van der Waals surface area contributed by atoms with E-state index in [0.717, 1.165) is 24.8 Å². The van der Waals surface area contributed by atoms with Crippen molar-refractivity contribution in [3.8, 4) is 0 Å². The van der Waals surface area contributed by atoms with Crippen molar-refractivity contribution in [1.29, 1.82) is 0 Å². The van der Waals surface area contributed by atoms with Gasteiger partial charge >= 0.3 is 5.97 Å². The second kappa shape index (κ2) is 8.18. The average Bonchev–Trinajstić information content (AvgIpc) is 2.49. The van der Waals surface area contributed by atoms with Crippen LogP contribution < -0.4 is 0 Å². The molecular formula is C22H34O3. The fraction of sp³-hybridized carbons (Fsp3) is 0.591. The van der Waals surface area contributed by atoms with Gasteiger partial charge in [0.15, 0.2) is 0 Å². The molecule has 0 aromatic carbocycles. The van der Waals surface area contributed by atoms with Crippen LogP contribution in [-0.4, -0.2) is 22.8 Å². The first-order chi connectivity index (χ1) is 11.4. The van der Waals surface area contributed by atoms with Gasteiger partial charge < -0.3 is 9.84 Å². The number of esters is 1. The van der Waals surface area contributed by atoms with Gasteiger partial charge in [-0.25, -0.2) is 0 Å². The molecule has 0 spiro atoms. The number of hydrogen-bond donors (Lipinski definition) is 1.